The monoisotopic (exact) mass is 240 g/mol. The number of hydrogen-bond donors (Lipinski definition) is 1. The molecule has 0 heterocycles. The van der Waals surface area contributed by atoms with Gasteiger partial charge in [0.05, 0.1) is 0 Å². The molecule has 1 fully saturated rings. The van der Waals surface area contributed by atoms with Crippen molar-refractivity contribution in [3.63, 3.8) is 0 Å². The number of rotatable bonds is 8. The third-order valence-electron chi connectivity index (χ3n) is 3.92. The van der Waals surface area contributed by atoms with Gasteiger partial charge in [0.2, 0.25) is 0 Å². The van der Waals surface area contributed by atoms with Crippen molar-refractivity contribution < 1.29 is 0 Å². The van der Waals surface area contributed by atoms with Gasteiger partial charge in [-0.05, 0) is 51.2 Å². The average Bonchev–Trinajstić information content (AvgIpc) is 2.33. The normalized spacial score (nSPS) is 18.2. The summed E-state index contributed by atoms with van der Waals surface area (Å²) in [6, 6.07) is 0. The molecule has 0 atom stereocenters. The lowest BCUT2D eigenvalue weighted by Gasteiger charge is -2.23. The van der Waals surface area contributed by atoms with Crippen LogP contribution in [-0.2, 0) is 0 Å². The van der Waals surface area contributed by atoms with Crippen LogP contribution in [0.15, 0.2) is 0 Å². The SMILES string of the molecule is CC(C)CCN(C)CCNCC1CCCCC1. The molecule has 0 unspecified atom stereocenters. The minimum atomic E-state index is 0.827. The van der Waals surface area contributed by atoms with E-state index >= 15 is 0 Å². The summed E-state index contributed by atoms with van der Waals surface area (Å²) in [5, 5.41) is 3.63. The molecule has 1 N–H and O–H groups in total. The minimum absolute atomic E-state index is 0.827. The number of hydrogen-bond acceptors (Lipinski definition) is 2. The van der Waals surface area contributed by atoms with E-state index in [0.29, 0.717) is 0 Å². The predicted octanol–water partition coefficient (Wildman–Crippen LogP) is 3.13. The van der Waals surface area contributed by atoms with Crippen LogP contribution >= 0.6 is 0 Å². The van der Waals surface area contributed by atoms with Crippen LogP contribution < -0.4 is 5.32 Å². The second kappa shape index (κ2) is 8.93. The highest BCUT2D eigenvalue weighted by Crippen LogP contribution is 2.22. The standard InChI is InChI=1S/C15H32N2/c1-14(2)9-11-17(3)12-10-16-13-15-7-5-4-6-8-15/h14-16H,4-13H2,1-3H3. The maximum Gasteiger partial charge on any atom is 0.0104 e. The van der Waals surface area contributed by atoms with Gasteiger partial charge in [-0.1, -0.05) is 33.1 Å². The van der Waals surface area contributed by atoms with Crippen molar-refractivity contribution >= 4 is 0 Å². The zero-order valence-electron chi connectivity index (χ0n) is 12.2. The molecule has 1 aliphatic rings. The smallest absolute Gasteiger partial charge is 0.0104 e. The van der Waals surface area contributed by atoms with Crippen LogP contribution in [0.25, 0.3) is 0 Å². The topological polar surface area (TPSA) is 15.3 Å². The van der Waals surface area contributed by atoms with Gasteiger partial charge in [0.1, 0.15) is 0 Å². The summed E-state index contributed by atoms with van der Waals surface area (Å²) in [6.45, 7) is 9.44. The highest BCUT2D eigenvalue weighted by atomic mass is 15.1. The lowest BCUT2D eigenvalue weighted by atomic mass is 9.89. The van der Waals surface area contributed by atoms with Gasteiger partial charge in [0, 0.05) is 13.1 Å². The summed E-state index contributed by atoms with van der Waals surface area (Å²) in [6.07, 6.45) is 8.61. The van der Waals surface area contributed by atoms with Crippen molar-refractivity contribution in [1.29, 1.82) is 0 Å². The Balaban J connectivity index is 1.92. The molecule has 0 spiro atoms. The van der Waals surface area contributed by atoms with Gasteiger partial charge in [0.25, 0.3) is 0 Å². The first-order valence-corrected chi connectivity index (χ1v) is 7.57. The summed E-state index contributed by atoms with van der Waals surface area (Å²) >= 11 is 0. The van der Waals surface area contributed by atoms with Crippen LogP contribution in [-0.4, -0.2) is 38.1 Å². The van der Waals surface area contributed by atoms with Gasteiger partial charge in [-0.15, -0.1) is 0 Å². The molecule has 0 bridgehead atoms. The fraction of sp³-hybridized carbons (Fsp3) is 1.00. The maximum atomic E-state index is 3.63. The van der Waals surface area contributed by atoms with Gasteiger partial charge in [0.15, 0.2) is 0 Å². The first-order chi connectivity index (χ1) is 8.18. The quantitative estimate of drug-likeness (QED) is 0.656. The Morgan fingerprint density at radius 1 is 1.12 bits per heavy atom. The summed E-state index contributed by atoms with van der Waals surface area (Å²) in [7, 11) is 2.24. The summed E-state index contributed by atoms with van der Waals surface area (Å²) in [5.74, 6) is 1.79. The molecular weight excluding hydrogens is 208 g/mol. The molecule has 2 nitrogen and oxygen atoms in total. The van der Waals surface area contributed by atoms with Crippen LogP contribution in [0, 0.1) is 11.8 Å². The Bertz CT molecular complexity index is 174. The van der Waals surface area contributed by atoms with E-state index in [9.17, 15) is 0 Å². The molecule has 1 rings (SSSR count). The van der Waals surface area contributed by atoms with Gasteiger partial charge >= 0.3 is 0 Å². The van der Waals surface area contributed by atoms with Crippen LogP contribution in [0.5, 0.6) is 0 Å². The van der Waals surface area contributed by atoms with Gasteiger partial charge in [-0.2, -0.15) is 0 Å². The van der Waals surface area contributed by atoms with E-state index in [1.165, 1.54) is 58.2 Å². The van der Waals surface area contributed by atoms with E-state index in [4.69, 9.17) is 0 Å². The van der Waals surface area contributed by atoms with E-state index in [-0.39, 0.29) is 0 Å². The first-order valence-electron chi connectivity index (χ1n) is 7.57. The maximum absolute atomic E-state index is 3.63. The van der Waals surface area contributed by atoms with E-state index in [2.05, 4.69) is 31.1 Å². The highest BCUT2D eigenvalue weighted by molar-refractivity contribution is 4.68. The Kier molecular flexibility index (Phi) is 7.87. The molecule has 0 aromatic carbocycles. The minimum Gasteiger partial charge on any atom is -0.315 e. The Labute approximate surface area is 108 Å². The molecule has 2 heteroatoms. The largest absolute Gasteiger partial charge is 0.315 e. The predicted molar refractivity (Wildman–Crippen MR) is 76.4 cm³/mol. The van der Waals surface area contributed by atoms with E-state index in [1.54, 1.807) is 0 Å². The van der Waals surface area contributed by atoms with Crippen molar-refractivity contribution in [1.82, 2.24) is 10.2 Å². The van der Waals surface area contributed by atoms with E-state index in [0.717, 1.165) is 18.4 Å². The third-order valence-corrected chi connectivity index (χ3v) is 3.92. The second-order valence-electron chi connectivity index (χ2n) is 6.19. The molecule has 1 saturated carbocycles. The third kappa shape index (κ3) is 7.77. The fourth-order valence-electron chi connectivity index (χ4n) is 2.56. The van der Waals surface area contributed by atoms with Crippen LogP contribution in [0.1, 0.15) is 52.4 Å². The first kappa shape index (κ1) is 15.0. The Hall–Kier alpha value is -0.0800. The summed E-state index contributed by atoms with van der Waals surface area (Å²) < 4.78 is 0. The lowest BCUT2D eigenvalue weighted by Crippen LogP contribution is -2.33. The number of nitrogens with zero attached hydrogens (tertiary/aromatic N) is 1. The molecule has 1 aliphatic carbocycles. The van der Waals surface area contributed by atoms with E-state index < -0.39 is 0 Å². The second-order valence-corrected chi connectivity index (χ2v) is 6.19. The van der Waals surface area contributed by atoms with Crippen molar-refractivity contribution in [2.24, 2.45) is 11.8 Å². The van der Waals surface area contributed by atoms with Crippen molar-refractivity contribution in [3.05, 3.63) is 0 Å². The van der Waals surface area contributed by atoms with E-state index in [1.807, 2.05) is 0 Å². The van der Waals surface area contributed by atoms with Crippen molar-refractivity contribution in [2.75, 3.05) is 33.2 Å². The van der Waals surface area contributed by atoms with Crippen LogP contribution in [0.2, 0.25) is 0 Å². The van der Waals surface area contributed by atoms with Gasteiger partial charge in [-0.25, -0.2) is 0 Å². The molecule has 0 radical (unpaired) electrons. The van der Waals surface area contributed by atoms with Gasteiger partial charge < -0.3 is 10.2 Å². The molecule has 0 aromatic heterocycles. The lowest BCUT2D eigenvalue weighted by molar-refractivity contribution is 0.295. The fourth-order valence-corrected chi connectivity index (χ4v) is 2.56. The van der Waals surface area contributed by atoms with Crippen molar-refractivity contribution in [3.8, 4) is 0 Å². The van der Waals surface area contributed by atoms with Crippen molar-refractivity contribution in [2.45, 2.75) is 52.4 Å². The molecule has 0 amide bonds. The number of nitrogens with one attached hydrogen (secondary N) is 1. The van der Waals surface area contributed by atoms with Crippen LogP contribution in [0.3, 0.4) is 0 Å². The molecule has 0 aromatic rings. The zero-order chi connectivity index (χ0) is 12.5. The highest BCUT2D eigenvalue weighted by Gasteiger charge is 2.12. The van der Waals surface area contributed by atoms with Crippen LogP contribution in [0.4, 0.5) is 0 Å². The molecule has 102 valence electrons. The summed E-state index contributed by atoms with van der Waals surface area (Å²) in [5.41, 5.74) is 0. The Morgan fingerprint density at radius 2 is 1.82 bits per heavy atom. The Morgan fingerprint density at radius 3 is 2.47 bits per heavy atom. The molecule has 0 aliphatic heterocycles. The number of likely N-dealkylation sites (N-methyl/N-ethyl adjacent to an activating group) is 1. The van der Waals surface area contributed by atoms with Gasteiger partial charge in [-0.3, -0.25) is 0 Å². The molecular formula is C15H32N2. The molecule has 17 heavy (non-hydrogen) atoms. The molecule has 0 saturated heterocycles. The summed E-state index contributed by atoms with van der Waals surface area (Å²) in [4.78, 5) is 2.45. The average molecular weight is 240 g/mol. The zero-order valence-corrected chi connectivity index (χ0v) is 12.2.